The fraction of sp³-hybridized carbons (Fsp3) is 0.300. The predicted octanol–water partition coefficient (Wildman–Crippen LogP) is 3.57. The number of hydrogen-bond donors (Lipinski definition) is 1. The van der Waals surface area contributed by atoms with Crippen molar-refractivity contribution in [2.75, 3.05) is 13.1 Å². The summed E-state index contributed by atoms with van der Waals surface area (Å²) in [5.74, 6) is -1.07. The van der Waals surface area contributed by atoms with E-state index in [2.05, 4.69) is 10.1 Å². The van der Waals surface area contributed by atoms with Gasteiger partial charge in [0.2, 0.25) is 0 Å². The van der Waals surface area contributed by atoms with Crippen molar-refractivity contribution in [1.29, 1.82) is 0 Å². The molecule has 1 N–H and O–H groups in total. The lowest BCUT2D eigenvalue weighted by molar-refractivity contribution is 0.0689. The Bertz CT molecular complexity index is 1070. The third-order valence-electron chi connectivity index (χ3n) is 5.27. The van der Waals surface area contributed by atoms with Gasteiger partial charge in [-0.3, -0.25) is 14.5 Å². The Kier molecular flexibility index (Phi) is 4.77. The number of carboxylic acid groups (broad SMARTS) is 1. The Hall–Kier alpha value is -2.93. The van der Waals surface area contributed by atoms with E-state index in [9.17, 15) is 14.7 Å². The third-order valence-corrected chi connectivity index (χ3v) is 5.49. The molecule has 1 amide bonds. The number of fused-ring (bicyclic) bond motifs is 1. The van der Waals surface area contributed by atoms with Crippen molar-refractivity contribution >= 4 is 34.4 Å². The van der Waals surface area contributed by atoms with Crippen molar-refractivity contribution in [1.82, 2.24) is 19.7 Å². The topological polar surface area (TPSA) is 88.3 Å². The molecule has 3 heterocycles. The Morgan fingerprint density at radius 3 is 2.64 bits per heavy atom. The van der Waals surface area contributed by atoms with Crippen LogP contribution in [0.5, 0.6) is 0 Å². The van der Waals surface area contributed by atoms with Crippen LogP contribution in [0.4, 0.5) is 0 Å². The maximum Gasteiger partial charge on any atom is 0.339 e. The molecule has 0 unspecified atom stereocenters. The Morgan fingerprint density at radius 2 is 1.96 bits per heavy atom. The summed E-state index contributed by atoms with van der Waals surface area (Å²) in [6.45, 7) is 2.88. The number of likely N-dealkylation sites (tertiary alicyclic amines) is 1. The lowest BCUT2D eigenvalue weighted by Gasteiger charge is -2.33. The summed E-state index contributed by atoms with van der Waals surface area (Å²) in [6.07, 6.45) is 4.47. The second kappa shape index (κ2) is 7.24. The Morgan fingerprint density at radius 1 is 1.21 bits per heavy atom. The molecule has 1 aliphatic rings. The van der Waals surface area contributed by atoms with Crippen LogP contribution >= 0.6 is 11.6 Å². The SMILES string of the molecule is Cc1c(C(=O)O)cnn1C1CCN(C(=O)c2cc(Cl)cc3cccnc23)CC1. The zero-order valence-corrected chi connectivity index (χ0v) is 16.1. The smallest absolute Gasteiger partial charge is 0.339 e. The van der Waals surface area contributed by atoms with Gasteiger partial charge in [-0.1, -0.05) is 17.7 Å². The summed E-state index contributed by atoms with van der Waals surface area (Å²) in [5, 5.41) is 14.8. The second-order valence-electron chi connectivity index (χ2n) is 6.95. The first kappa shape index (κ1) is 18.4. The molecule has 0 bridgehead atoms. The summed E-state index contributed by atoms with van der Waals surface area (Å²) >= 11 is 6.20. The number of carboxylic acids is 1. The quantitative estimate of drug-likeness (QED) is 0.728. The maximum atomic E-state index is 13.1. The standard InChI is InChI=1S/C20H19ClN4O3/c1-12-17(20(27)28)11-23-25(12)15-4-7-24(8-5-15)19(26)16-10-14(21)9-13-3-2-6-22-18(13)16/h2-3,6,9-11,15H,4-5,7-8H2,1H3,(H,27,28). The summed E-state index contributed by atoms with van der Waals surface area (Å²) in [7, 11) is 0. The highest BCUT2D eigenvalue weighted by atomic mass is 35.5. The highest BCUT2D eigenvalue weighted by Gasteiger charge is 2.28. The highest BCUT2D eigenvalue weighted by Crippen LogP contribution is 2.28. The average molecular weight is 399 g/mol. The highest BCUT2D eigenvalue weighted by molar-refractivity contribution is 6.32. The molecule has 0 radical (unpaired) electrons. The van der Waals surface area contributed by atoms with Crippen LogP contribution in [0.15, 0.2) is 36.7 Å². The lowest BCUT2D eigenvalue weighted by atomic mass is 10.0. The molecule has 0 saturated carbocycles. The summed E-state index contributed by atoms with van der Waals surface area (Å²) < 4.78 is 1.77. The molecule has 1 aromatic carbocycles. The molecule has 0 spiro atoms. The summed E-state index contributed by atoms with van der Waals surface area (Å²) in [4.78, 5) is 30.5. The number of carbonyl (C=O) groups excluding carboxylic acids is 1. The Labute approximate surface area is 166 Å². The van der Waals surface area contributed by atoms with Gasteiger partial charge < -0.3 is 10.0 Å². The largest absolute Gasteiger partial charge is 0.478 e. The number of piperidine rings is 1. The van der Waals surface area contributed by atoms with Crippen molar-refractivity contribution in [3.63, 3.8) is 0 Å². The van der Waals surface area contributed by atoms with Gasteiger partial charge in [0.1, 0.15) is 5.56 Å². The van der Waals surface area contributed by atoms with Gasteiger partial charge in [-0.05, 0) is 38.0 Å². The summed E-state index contributed by atoms with van der Waals surface area (Å²) in [5.41, 5.74) is 2.01. The predicted molar refractivity (Wildman–Crippen MR) is 105 cm³/mol. The van der Waals surface area contributed by atoms with E-state index in [1.54, 1.807) is 34.8 Å². The van der Waals surface area contributed by atoms with Gasteiger partial charge in [-0.15, -0.1) is 0 Å². The minimum Gasteiger partial charge on any atom is -0.478 e. The van der Waals surface area contributed by atoms with Crippen LogP contribution in [0.2, 0.25) is 5.02 Å². The molecule has 1 aliphatic heterocycles. The van der Waals surface area contributed by atoms with Crippen molar-refractivity contribution in [2.24, 2.45) is 0 Å². The van der Waals surface area contributed by atoms with Gasteiger partial charge in [-0.2, -0.15) is 5.10 Å². The van der Waals surface area contributed by atoms with E-state index in [1.165, 1.54) is 6.20 Å². The number of carbonyl (C=O) groups is 2. The number of hydrogen-bond acceptors (Lipinski definition) is 4. The van der Waals surface area contributed by atoms with Gasteiger partial charge in [0.25, 0.3) is 5.91 Å². The molecule has 1 saturated heterocycles. The molecule has 1 fully saturated rings. The van der Waals surface area contributed by atoms with Crippen molar-refractivity contribution in [2.45, 2.75) is 25.8 Å². The van der Waals surface area contributed by atoms with E-state index in [0.29, 0.717) is 47.7 Å². The van der Waals surface area contributed by atoms with Gasteiger partial charge in [0.15, 0.2) is 0 Å². The van der Waals surface area contributed by atoms with Crippen LogP contribution < -0.4 is 0 Å². The van der Waals surface area contributed by atoms with E-state index in [-0.39, 0.29) is 17.5 Å². The lowest BCUT2D eigenvalue weighted by Crippen LogP contribution is -2.39. The number of benzene rings is 1. The first-order valence-electron chi connectivity index (χ1n) is 9.06. The normalized spacial score (nSPS) is 15.1. The minimum absolute atomic E-state index is 0.0754. The number of amides is 1. The van der Waals surface area contributed by atoms with E-state index < -0.39 is 5.97 Å². The van der Waals surface area contributed by atoms with E-state index in [0.717, 1.165) is 5.39 Å². The first-order valence-corrected chi connectivity index (χ1v) is 9.44. The number of aromatic nitrogens is 3. The zero-order valence-electron chi connectivity index (χ0n) is 15.3. The molecular weight excluding hydrogens is 380 g/mol. The third kappa shape index (κ3) is 3.22. The maximum absolute atomic E-state index is 13.1. The molecule has 28 heavy (non-hydrogen) atoms. The van der Waals surface area contributed by atoms with Crippen molar-refractivity contribution in [3.8, 4) is 0 Å². The van der Waals surface area contributed by atoms with E-state index in [1.807, 2.05) is 12.1 Å². The van der Waals surface area contributed by atoms with Gasteiger partial charge >= 0.3 is 5.97 Å². The molecule has 7 nitrogen and oxygen atoms in total. The molecule has 2 aromatic heterocycles. The number of halogens is 1. The van der Waals surface area contributed by atoms with Crippen LogP contribution in [-0.4, -0.2) is 49.7 Å². The van der Waals surface area contributed by atoms with E-state index in [4.69, 9.17) is 11.6 Å². The molecule has 144 valence electrons. The molecule has 0 atom stereocenters. The molecule has 3 aromatic rings. The molecule has 8 heteroatoms. The molecule has 0 aliphatic carbocycles. The monoisotopic (exact) mass is 398 g/mol. The van der Waals surface area contributed by atoms with Crippen LogP contribution in [0, 0.1) is 6.92 Å². The first-order chi connectivity index (χ1) is 13.5. The average Bonchev–Trinajstić information content (AvgIpc) is 3.08. The van der Waals surface area contributed by atoms with Crippen LogP contribution in [0.1, 0.15) is 45.3 Å². The minimum atomic E-state index is -0.975. The second-order valence-corrected chi connectivity index (χ2v) is 7.38. The molecular formula is C20H19ClN4O3. The van der Waals surface area contributed by atoms with Gasteiger partial charge in [0.05, 0.1) is 29.0 Å². The van der Waals surface area contributed by atoms with Crippen molar-refractivity contribution < 1.29 is 14.7 Å². The van der Waals surface area contributed by atoms with Crippen LogP contribution in [0.3, 0.4) is 0 Å². The van der Waals surface area contributed by atoms with Crippen molar-refractivity contribution in [3.05, 3.63) is 58.5 Å². The summed E-state index contributed by atoms with van der Waals surface area (Å²) in [6, 6.07) is 7.25. The van der Waals surface area contributed by atoms with Crippen LogP contribution in [-0.2, 0) is 0 Å². The number of nitrogens with zero attached hydrogens (tertiary/aromatic N) is 4. The van der Waals surface area contributed by atoms with Gasteiger partial charge in [0, 0.05) is 29.7 Å². The fourth-order valence-corrected chi connectivity index (χ4v) is 4.03. The van der Waals surface area contributed by atoms with Crippen LogP contribution in [0.25, 0.3) is 10.9 Å². The Balaban J connectivity index is 1.53. The molecule has 4 rings (SSSR count). The van der Waals surface area contributed by atoms with E-state index >= 15 is 0 Å². The fourth-order valence-electron chi connectivity index (χ4n) is 3.80. The van der Waals surface area contributed by atoms with Gasteiger partial charge in [-0.25, -0.2) is 4.79 Å². The number of rotatable bonds is 3. The number of pyridine rings is 1. The zero-order chi connectivity index (χ0) is 19.8. The number of aromatic carboxylic acids is 1.